The molecule has 2 amide bonds. The zero-order valence-electron chi connectivity index (χ0n) is 16.8. The largest absolute Gasteiger partial charge is 0.493 e. The molecule has 2 aromatic carbocycles. The van der Waals surface area contributed by atoms with Crippen LogP contribution in [0.1, 0.15) is 48.5 Å². The van der Waals surface area contributed by atoms with Crippen molar-refractivity contribution in [3.05, 3.63) is 58.1 Å². The molecule has 2 rings (SSSR count). The highest BCUT2D eigenvalue weighted by atomic mass is 79.9. The number of ether oxygens (including phenoxy) is 2. The van der Waals surface area contributed by atoms with Crippen LogP contribution in [0, 0.1) is 6.92 Å². The van der Waals surface area contributed by atoms with E-state index in [1.165, 1.54) is 0 Å². The second kappa shape index (κ2) is 12.1. The molecule has 0 heterocycles. The third-order valence-electron chi connectivity index (χ3n) is 4.15. The number of aryl methyl sites for hydroxylation is 1. The van der Waals surface area contributed by atoms with Gasteiger partial charge in [-0.05, 0) is 43.7 Å². The number of carbonyl (C=O) groups is 2. The van der Waals surface area contributed by atoms with Crippen molar-refractivity contribution in [2.24, 2.45) is 0 Å². The molecule has 156 valence electrons. The molecule has 0 atom stereocenters. The van der Waals surface area contributed by atoms with Gasteiger partial charge < -0.3 is 9.47 Å². The van der Waals surface area contributed by atoms with Crippen molar-refractivity contribution in [3.8, 4) is 11.5 Å². The molecule has 7 heteroatoms. The summed E-state index contributed by atoms with van der Waals surface area (Å²) in [5.41, 5.74) is 6.21. The van der Waals surface area contributed by atoms with Crippen LogP contribution in [0.3, 0.4) is 0 Å². The van der Waals surface area contributed by atoms with Crippen LogP contribution in [-0.2, 0) is 4.79 Å². The van der Waals surface area contributed by atoms with Crippen molar-refractivity contribution in [1.29, 1.82) is 0 Å². The maximum Gasteiger partial charge on any atom is 0.276 e. The summed E-state index contributed by atoms with van der Waals surface area (Å²) in [7, 11) is 0. The molecular formula is C22H27BrN2O4. The van der Waals surface area contributed by atoms with Crippen LogP contribution < -0.4 is 20.3 Å². The minimum Gasteiger partial charge on any atom is -0.493 e. The van der Waals surface area contributed by atoms with Gasteiger partial charge in [-0.25, -0.2) is 0 Å². The first-order valence-electron chi connectivity index (χ1n) is 9.70. The van der Waals surface area contributed by atoms with Crippen LogP contribution in [0.4, 0.5) is 0 Å². The van der Waals surface area contributed by atoms with Crippen LogP contribution in [0.2, 0.25) is 0 Å². The van der Waals surface area contributed by atoms with E-state index in [1.54, 1.807) is 24.3 Å². The molecule has 0 aliphatic carbocycles. The molecule has 0 radical (unpaired) electrons. The standard InChI is InChI=1S/C22H27BrN2O4/c1-3-4-5-6-13-28-20-12-9-17(23)14-19(20)22(27)25-24-21(26)15-29-18-10-7-16(2)8-11-18/h7-12,14H,3-6,13,15H2,1-2H3,(H,24,26)(H,25,27). The molecule has 0 saturated carbocycles. The third-order valence-corrected chi connectivity index (χ3v) is 4.64. The third kappa shape index (κ3) is 8.15. The van der Waals surface area contributed by atoms with Gasteiger partial charge in [0.15, 0.2) is 6.61 Å². The fourth-order valence-electron chi connectivity index (χ4n) is 2.53. The van der Waals surface area contributed by atoms with E-state index in [1.807, 2.05) is 25.1 Å². The lowest BCUT2D eigenvalue weighted by Crippen LogP contribution is -2.44. The Kier molecular flexibility index (Phi) is 9.50. The van der Waals surface area contributed by atoms with E-state index in [0.717, 1.165) is 35.7 Å². The summed E-state index contributed by atoms with van der Waals surface area (Å²) in [6, 6.07) is 12.6. The highest BCUT2D eigenvalue weighted by Gasteiger charge is 2.14. The van der Waals surface area contributed by atoms with Crippen LogP contribution in [0.15, 0.2) is 46.9 Å². The van der Waals surface area contributed by atoms with Gasteiger partial charge in [0.1, 0.15) is 11.5 Å². The molecule has 0 spiro atoms. The lowest BCUT2D eigenvalue weighted by Gasteiger charge is -2.13. The summed E-state index contributed by atoms with van der Waals surface area (Å²) in [6.07, 6.45) is 4.33. The first-order valence-corrected chi connectivity index (χ1v) is 10.5. The van der Waals surface area contributed by atoms with Gasteiger partial charge >= 0.3 is 0 Å². The molecule has 0 aliphatic heterocycles. The number of benzene rings is 2. The zero-order chi connectivity index (χ0) is 21.1. The second-order valence-electron chi connectivity index (χ2n) is 6.65. The Bertz CT molecular complexity index is 809. The van der Waals surface area contributed by atoms with E-state index in [9.17, 15) is 9.59 Å². The van der Waals surface area contributed by atoms with Crippen molar-refractivity contribution in [2.75, 3.05) is 13.2 Å². The van der Waals surface area contributed by atoms with E-state index < -0.39 is 11.8 Å². The summed E-state index contributed by atoms with van der Waals surface area (Å²) in [4.78, 5) is 24.5. The van der Waals surface area contributed by atoms with E-state index in [-0.39, 0.29) is 6.61 Å². The number of carbonyl (C=O) groups excluding carboxylic acids is 2. The molecule has 2 N–H and O–H groups in total. The van der Waals surface area contributed by atoms with E-state index in [4.69, 9.17) is 9.47 Å². The fraction of sp³-hybridized carbons (Fsp3) is 0.364. The summed E-state index contributed by atoms with van der Waals surface area (Å²) in [5, 5.41) is 0. The SMILES string of the molecule is CCCCCCOc1ccc(Br)cc1C(=O)NNC(=O)COc1ccc(C)cc1. The smallest absolute Gasteiger partial charge is 0.276 e. The molecular weight excluding hydrogens is 436 g/mol. The van der Waals surface area contributed by atoms with E-state index in [0.29, 0.717) is 23.7 Å². The molecule has 0 saturated heterocycles. The minimum absolute atomic E-state index is 0.206. The summed E-state index contributed by atoms with van der Waals surface area (Å²) < 4.78 is 11.9. The highest BCUT2D eigenvalue weighted by Crippen LogP contribution is 2.23. The van der Waals surface area contributed by atoms with Crippen molar-refractivity contribution in [3.63, 3.8) is 0 Å². The predicted molar refractivity (Wildman–Crippen MR) is 116 cm³/mol. The average Bonchev–Trinajstić information content (AvgIpc) is 2.72. The summed E-state index contributed by atoms with van der Waals surface area (Å²) in [5.74, 6) is 0.143. The van der Waals surface area contributed by atoms with E-state index in [2.05, 4.69) is 33.7 Å². The van der Waals surface area contributed by atoms with Crippen LogP contribution >= 0.6 is 15.9 Å². The van der Waals surface area contributed by atoms with Gasteiger partial charge in [0, 0.05) is 4.47 Å². The Labute approximate surface area is 180 Å². The molecule has 0 fully saturated rings. The summed E-state index contributed by atoms with van der Waals surface area (Å²) >= 11 is 3.36. The van der Waals surface area contributed by atoms with Crippen molar-refractivity contribution < 1.29 is 19.1 Å². The predicted octanol–water partition coefficient (Wildman–Crippen LogP) is 4.56. The van der Waals surface area contributed by atoms with Gasteiger partial charge in [-0.3, -0.25) is 20.4 Å². The number of hydrazine groups is 1. The van der Waals surface area contributed by atoms with Gasteiger partial charge in [0.25, 0.3) is 11.8 Å². The number of hydrogen-bond donors (Lipinski definition) is 2. The quantitative estimate of drug-likeness (QED) is 0.400. The molecule has 0 aromatic heterocycles. The second-order valence-corrected chi connectivity index (χ2v) is 7.57. The monoisotopic (exact) mass is 462 g/mol. The maximum absolute atomic E-state index is 12.5. The number of unbranched alkanes of at least 4 members (excludes halogenated alkanes) is 3. The van der Waals surface area contributed by atoms with Crippen molar-refractivity contribution in [2.45, 2.75) is 39.5 Å². The van der Waals surface area contributed by atoms with Gasteiger partial charge in [-0.15, -0.1) is 0 Å². The van der Waals surface area contributed by atoms with Crippen molar-refractivity contribution >= 4 is 27.7 Å². The fourth-order valence-corrected chi connectivity index (χ4v) is 2.89. The Balaban J connectivity index is 1.84. The number of amides is 2. The van der Waals surface area contributed by atoms with Gasteiger partial charge in [-0.2, -0.15) is 0 Å². The van der Waals surface area contributed by atoms with Crippen LogP contribution in [0.25, 0.3) is 0 Å². The molecule has 2 aromatic rings. The number of rotatable bonds is 10. The normalized spacial score (nSPS) is 10.3. The first kappa shape index (κ1) is 22.7. The average molecular weight is 463 g/mol. The van der Waals surface area contributed by atoms with Gasteiger partial charge in [0.2, 0.25) is 0 Å². The molecule has 0 unspecified atom stereocenters. The van der Waals surface area contributed by atoms with Gasteiger partial charge in [0.05, 0.1) is 12.2 Å². The van der Waals surface area contributed by atoms with E-state index >= 15 is 0 Å². The van der Waals surface area contributed by atoms with Crippen LogP contribution in [-0.4, -0.2) is 25.0 Å². The lowest BCUT2D eigenvalue weighted by atomic mass is 10.2. The zero-order valence-corrected chi connectivity index (χ0v) is 18.4. The molecule has 0 aliphatic rings. The Morgan fingerprint density at radius 3 is 2.45 bits per heavy atom. The highest BCUT2D eigenvalue weighted by molar-refractivity contribution is 9.10. The lowest BCUT2D eigenvalue weighted by molar-refractivity contribution is -0.123. The maximum atomic E-state index is 12.5. The van der Waals surface area contributed by atoms with Crippen molar-refractivity contribution in [1.82, 2.24) is 10.9 Å². The molecule has 29 heavy (non-hydrogen) atoms. The van der Waals surface area contributed by atoms with Gasteiger partial charge in [-0.1, -0.05) is 59.8 Å². The Morgan fingerprint density at radius 1 is 0.966 bits per heavy atom. The molecule has 0 bridgehead atoms. The molecule has 6 nitrogen and oxygen atoms in total. The minimum atomic E-state index is -0.462. The Hall–Kier alpha value is -2.54. The number of hydrogen-bond acceptors (Lipinski definition) is 4. The number of halogens is 1. The topological polar surface area (TPSA) is 76.7 Å². The number of nitrogens with one attached hydrogen (secondary N) is 2. The first-order chi connectivity index (χ1) is 14.0. The van der Waals surface area contributed by atoms with Crippen LogP contribution in [0.5, 0.6) is 11.5 Å². The summed E-state index contributed by atoms with van der Waals surface area (Å²) in [6.45, 7) is 4.45. The Morgan fingerprint density at radius 2 is 1.72 bits per heavy atom.